The molecule has 2 aromatic carbocycles. The number of nitrogens with one attached hydrogen (secondary N) is 2. The van der Waals surface area contributed by atoms with Crippen LogP contribution in [0.5, 0.6) is 0 Å². The molecule has 7 heteroatoms. The number of hydrogen-bond donors (Lipinski definition) is 2. The summed E-state index contributed by atoms with van der Waals surface area (Å²) in [6, 6.07) is 14.5. The molecule has 0 saturated carbocycles. The second-order valence-electron chi connectivity index (χ2n) is 5.54. The summed E-state index contributed by atoms with van der Waals surface area (Å²) in [7, 11) is -3.57. The van der Waals surface area contributed by atoms with Crippen LogP contribution in [-0.2, 0) is 21.2 Å². The van der Waals surface area contributed by atoms with Gasteiger partial charge in [-0.25, -0.2) is 13.1 Å². The highest BCUT2D eigenvalue weighted by Crippen LogP contribution is 2.36. The van der Waals surface area contributed by atoms with E-state index in [1.165, 1.54) is 17.8 Å². The highest BCUT2D eigenvalue weighted by molar-refractivity contribution is 8.01. The van der Waals surface area contributed by atoms with E-state index in [0.717, 1.165) is 10.5 Å². The van der Waals surface area contributed by atoms with Crippen LogP contribution in [0.15, 0.2) is 58.3 Å². The Morgan fingerprint density at radius 3 is 2.67 bits per heavy atom. The molecule has 0 aromatic heterocycles. The van der Waals surface area contributed by atoms with Crippen molar-refractivity contribution in [3.05, 3.63) is 54.1 Å². The Labute approximate surface area is 145 Å². The molecular weight excluding hydrogens is 344 g/mol. The lowest BCUT2D eigenvalue weighted by atomic mass is 10.2. The minimum Gasteiger partial charge on any atom is -0.324 e. The van der Waals surface area contributed by atoms with Crippen molar-refractivity contribution in [2.24, 2.45) is 0 Å². The number of benzene rings is 2. The number of amides is 1. The predicted octanol–water partition coefficient (Wildman–Crippen LogP) is 2.64. The Bertz CT molecular complexity index is 851. The Morgan fingerprint density at radius 1 is 1.17 bits per heavy atom. The fourth-order valence-electron chi connectivity index (χ4n) is 2.41. The summed E-state index contributed by atoms with van der Waals surface area (Å²) >= 11 is 1.37. The van der Waals surface area contributed by atoms with Crippen molar-refractivity contribution in [2.75, 3.05) is 11.9 Å². The third kappa shape index (κ3) is 3.80. The Hall–Kier alpha value is -1.83. The number of hydrogen-bond acceptors (Lipinski definition) is 4. The van der Waals surface area contributed by atoms with E-state index in [1.54, 1.807) is 19.1 Å². The fourth-order valence-corrected chi connectivity index (χ4v) is 4.53. The Balaban J connectivity index is 1.71. The largest absolute Gasteiger partial charge is 0.324 e. The molecule has 0 aliphatic carbocycles. The molecule has 0 fully saturated rings. The second-order valence-corrected chi connectivity index (χ2v) is 8.69. The van der Waals surface area contributed by atoms with Crippen molar-refractivity contribution >= 4 is 33.4 Å². The summed E-state index contributed by atoms with van der Waals surface area (Å²) in [6.45, 7) is 2.13. The van der Waals surface area contributed by atoms with Crippen LogP contribution in [0.4, 0.5) is 5.69 Å². The second kappa shape index (κ2) is 6.96. The maximum Gasteiger partial charge on any atom is 0.240 e. The van der Waals surface area contributed by atoms with Crippen LogP contribution in [0.3, 0.4) is 0 Å². The van der Waals surface area contributed by atoms with E-state index in [2.05, 4.69) is 10.0 Å². The van der Waals surface area contributed by atoms with Gasteiger partial charge < -0.3 is 5.32 Å². The van der Waals surface area contributed by atoms with Gasteiger partial charge in [0, 0.05) is 11.4 Å². The van der Waals surface area contributed by atoms with Gasteiger partial charge in [0.2, 0.25) is 15.9 Å². The van der Waals surface area contributed by atoms with Gasteiger partial charge in [-0.1, -0.05) is 30.3 Å². The number of carbonyl (C=O) groups is 1. The highest BCUT2D eigenvalue weighted by atomic mass is 32.2. The van der Waals surface area contributed by atoms with E-state index in [9.17, 15) is 13.2 Å². The molecule has 1 heterocycles. The van der Waals surface area contributed by atoms with Crippen LogP contribution < -0.4 is 10.0 Å². The maximum absolute atomic E-state index is 12.4. The molecule has 0 bridgehead atoms. The molecule has 2 aromatic rings. The predicted molar refractivity (Wildman–Crippen MR) is 95.7 cm³/mol. The molecule has 0 saturated heterocycles. The number of sulfonamides is 1. The van der Waals surface area contributed by atoms with Crippen LogP contribution >= 0.6 is 11.8 Å². The molecule has 1 aliphatic rings. The molecule has 5 nitrogen and oxygen atoms in total. The number of rotatable bonds is 5. The zero-order valence-corrected chi connectivity index (χ0v) is 14.8. The van der Waals surface area contributed by atoms with Crippen LogP contribution in [0.2, 0.25) is 0 Å². The van der Waals surface area contributed by atoms with Gasteiger partial charge in [-0.3, -0.25) is 4.79 Å². The van der Waals surface area contributed by atoms with E-state index in [4.69, 9.17) is 0 Å². The van der Waals surface area contributed by atoms with Crippen molar-refractivity contribution in [1.82, 2.24) is 4.72 Å². The summed E-state index contributed by atoms with van der Waals surface area (Å²) in [4.78, 5) is 12.6. The van der Waals surface area contributed by atoms with Gasteiger partial charge in [0.15, 0.2) is 0 Å². The van der Waals surface area contributed by atoms with E-state index < -0.39 is 10.0 Å². The lowest BCUT2D eigenvalue weighted by molar-refractivity contribution is -0.115. The molecule has 1 aliphatic heterocycles. The Kier molecular flexibility index (Phi) is 4.93. The third-order valence-electron chi connectivity index (χ3n) is 3.74. The summed E-state index contributed by atoms with van der Waals surface area (Å²) in [5, 5.41) is 2.54. The summed E-state index contributed by atoms with van der Waals surface area (Å²) in [5.74, 6) is -0.0657. The summed E-state index contributed by atoms with van der Waals surface area (Å²) < 4.78 is 27.5. The first-order valence-corrected chi connectivity index (χ1v) is 9.97. The molecule has 2 N–H and O–H groups in total. The minimum atomic E-state index is -3.57. The summed E-state index contributed by atoms with van der Waals surface area (Å²) in [5.41, 5.74) is 1.74. The smallest absolute Gasteiger partial charge is 0.240 e. The van der Waals surface area contributed by atoms with E-state index in [-0.39, 0.29) is 16.1 Å². The lowest BCUT2D eigenvalue weighted by Crippen LogP contribution is -2.28. The van der Waals surface area contributed by atoms with Crippen molar-refractivity contribution in [1.29, 1.82) is 0 Å². The van der Waals surface area contributed by atoms with E-state index in [0.29, 0.717) is 18.7 Å². The standard InChI is InChI=1S/C17H18N2O3S2/c1-12-17(20)19-15-8-7-14(11-16(15)23-12)24(21,22)18-10-9-13-5-3-2-4-6-13/h2-8,11-12,18H,9-10H2,1H3,(H,19,20). The lowest BCUT2D eigenvalue weighted by Gasteiger charge is -2.21. The van der Waals surface area contributed by atoms with Crippen molar-refractivity contribution in [2.45, 2.75) is 28.4 Å². The number of fused-ring (bicyclic) bond motifs is 1. The van der Waals surface area contributed by atoms with Gasteiger partial charge in [-0.15, -0.1) is 11.8 Å². The highest BCUT2D eigenvalue weighted by Gasteiger charge is 2.25. The molecule has 24 heavy (non-hydrogen) atoms. The fraction of sp³-hybridized carbons (Fsp3) is 0.235. The quantitative estimate of drug-likeness (QED) is 0.857. The van der Waals surface area contributed by atoms with Crippen LogP contribution in [0.25, 0.3) is 0 Å². The normalized spacial score (nSPS) is 17.2. The molecule has 1 amide bonds. The average Bonchev–Trinajstić information content (AvgIpc) is 2.56. The molecule has 126 valence electrons. The van der Waals surface area contributed by atoms with Gasteiger partial charge in [0.05, 0.1) is 15.8 Å². The zero-order chi connectivity index (χ0) is 17.2. The maximum atomic E-state index is 12.4. The van der Waals surface area contributed by atoms with Crippen LogP contribution in [-0.4, -0.2) is 26.1 Å². The minimum absolute atomic E-state index is 0.0657. The van der Waals surface area contributed by atoms with Crippen molar-refractivity contribution in [3.8, 4) is 0 Å². The molecule has 0 radical (unpaired) electrons. The molecular formula is C17H18N2O3S2. The molecule has 3 rings (SSSR count). The first kappa shape index (κ1) is 17.0. The first-order valence-electron chi connectivity index (χ1n) is 7.61. The van der Waals surface area contributed by atoms with E-state index in [1.807, 2.05) is 30.3 Å². The monoisotopic (exact) mass is 362 g/mol. The third-order valence-corrected chi connectivity index (χ3v) is 6.36. The van der Waals surface area contributed by atoms with E-state index >= 15 is 0 Å². The molecule has 0 spiro atoms. The van der Waals surface area contributed by atoms with Gasteiger partial charge in [0.25, 0.3) is 0 Å². The number of carbonyl (C=O) groups excluding carboxylic acids is 1. The van der Waals surface area contributed by atoms with Gasteiger partial charge in [0.1, 0.15) is 0 Å². The first-order chi connectivity index (χ1) is 11.5. The van der Waals surface area contributed by atoms with Gasteiger partial charge in [-0.2, -0.15) is 0 Å². The zero-order valence-electron chi connectivity index (χ0n) is 13.2. The number of thioether (sulfide) groups is 1. The van der Waals surface area contributed by atoms with Gasteiger partial charge >= 0.3 is 0 Å². The average molecular weight is 362 g/mol. The van der Waals surface area contributed by atoms with Crippen molar-refractivity contribution in [3.63, 3.8) is 0 Å². The molecule has 1 atom stereocenters. The molecule has 1 unspecified atom stereocenters. The van der Waals surface area contributed by atoms with Gasteiger partial charge in [-0.05, 0) is 37.1 Å². The van der Waals surface area contributed by atoms with Crippen LogP contribution in [0, 0.1) is 0 Å². The number of anilines is 1. The summed E-state index contributed by atoms with van der Waals surface area (Å²) in [6.07, 6.45) is 0.632. The SMILES string of the molecule is CC1Sc2cc(S(=O)(=O)NCCc3ccccc3)ccc2NC1=O. The van der Waals surface area contributed by atoms with Crippen molar-refractivity contribution < 1.29 is 13.2 Å². The topological polar surface area (TPSA) is 75.3 Å². The van der Waals surface area contributed by atoms with Crippen LogP contribution in [0.1, 0.15) is 12.5 Å². The Morgan fingerprint density at radius 2 is 1.92 bits per heavy atom.